The van der Waals surface area contributed by atoms with Gasteiger partial charge < -0.3 is 18.8 Å². The molecule has 1 fully saturated rings. The topological polar surface area (TPSA) is 52.9 Å². The molecule has 1 saturated heterocycles. The molecule has 1 aliphatic heterocycles. The fourth-order valence-electron chi connectivity index (χ4n) is 3.75. The lowest BCUT2D eigenvalue weighted by Crippen LogP contribution is -2.39. The number of hydrogen-bond donors (Lipinski definition) is 0. The Balaban J connectivity index is 1.69. The van der Waals surface area contributed by atoms with Crippen LogP contribution < -0.4 is 9.47 Å². The second-order valence-electron chi connectivity index (χ2n) is 7.19. The van der Waals surface area contributed by atoms with Gasteiger partial charge in [0.2, 0.25) is 0 Å². The van der Waals surface area contributed by atoms with Crippen LogP contribution in [-0.2, 0) is 17.7 Å². The van der Waals surface area contributed by atoms with Crippen LogP contribution in [0, 0.1) is 13.8 Å². The van der Waals surface area contributed by atoms with Crippen molar-refractivity contribution in [2.75, 3.05) is 47.1 Å². The smallest absolute Gasteiger partial charge is 0.178 e. The Morgan fingerprint density at radius 2 is 1.79 bits per heavy atom. The van der Waals surface area contributed by atoms with E-state index >= 15 is 0 Å². The number of rotatable bonds is 8. The molecule has 0 saturated carbocycles. The second-order valence-corrected chi connectivity index (χ2v) is 7.19. The highest BCUT2D eigenvalue weighted by atomic mass is 16.5. The summed E-state index contributed by atoms with van der Waals surface area (Å²) in [4.78, 5) is 15.0. The molecule has 0 radical (unpaired) electrons. The van der Waals surface area contributed by atoms with E-state index in [2.05, 4.69) is 22.5 Å². The van der Waals surface area contributed by atoms with Crippen LogP contribution in [0.1, 0.15) is 27.3 Å². The van der Waals surface area contributed by atoms with Gasteiger partial charge in [-0.1, -0.05) is 6.07 Å². The predicted octanol–water partition coefficient (Wildman–Crippen LogP) is 2.88. The van der Waals surface area contributed by atoms with E-state index < -0.39 is 0 Å². The van der Waals surface area contributed by atoms with Crippen LogP contribution in [0.4, 0.5) is 0 Å². The Bertz CT molecular complexity index is 822. The number of carbonyl (C=O) groups is 1. The second kappa shape index (κ2) is 9.26. The van der Waals surface area contributed by atoms with E-state index in [0.29, 0.717) is 19.8 Å². The van der Waals surface area contributed by atoms with Crippen LogP contribution in [-0.4, -0.2) is 62.3 Å². The van der Waals surface area contributed by atoms with E-state index in [-0.39, 0.29) is 5.78 Å². The van der Waals surface area contributed by atoms with E-state index in [0.717, 1.165) is 54.5 Å². The molecule has 0 amide bonds. The molecule has 28 heavy (non-hydrogen) atoms. The highest BCUT2D eigenvalue weighted by Gasteiger charge is 2.20. The molecule has 0 bridgehead atoms. The molecular weight excluding hydrogens is 356 g/mol. The van der Waals surface area contributed by atoms with Gasteiger partial charge in [0.1, 0.15) is 0 Å². The molecular formula is C22H30N2O4. The number of nitrogens with zero attached hydrogens (tertiary/aromatic N) is 2. The Hall–Kier alpha value is -2.31. The minimum Gasteiger partial charge on any atom is -0.493 e. The summed E-state index contributed by atoms with van der Waals surface area (Å²) in [6.07, 6.45) is 0.855. The maximum absolute atomic E-state index is 12.8. The lowest BCUT2D eigenvalue weighted by Gasteiger charge is -2.25. The molecule has 0 atom stereocenters. The Labute approximate surface area is 167 Å². The predicted molar refractivity (Wildman–Crippen MR) is 109 cm³/mol. The van der Waals surface area contributed by atoms with E-state index in [1.165, 1.54) is 5.56 Å². The minimum absolute atomic E-state index is 0.187. The molecule has 2 aromatic rings. The molecule has 1 aromatic heterocycles. The molecule has 3 rings (SSSR count). The van der Waals surface area contributed by atoms with E-state index in [1.54, 1.807) is 14.2 Å². The normalized spacial score (nSPS) is 14.9. The zero-order valence-corrected chi connectivity index (χ0v) is 17.3. The van der Waals surface area contributed by atoms with Gasteiger partial charge in [-0.25, -0.2) is 0 Å². The number of aryl methyl sites for hydroxylation is 2. The maximum Gasteiger partial charge on any atom is 0.178 e. The summed E-state index contributed by atoms with van der Waals surface area (Å²) >= 11 is 0. The third-order valence-electron chi connectivity index (χ3n) is 5.42. The highest BCUT2D eigenvalue weighted by Crippen LogP contribution is 2.28. The number of aromatic nitrogens is 1. The van der Waals surface area contributed by atoms with Gasteiger partial charge in [-0.15, -0.1) is 0 Å². The molecule has 0 aliphatic carbocycles. The Kier molecular flexibility index (Phi) is 6.75. The number of carbonyl (C=O) groups excluding carboxylic acids is 1. The van der Waals surface area contributed by atoms with E-state index in [4.69, 9.17) is 14.2 Å². The molecule has 152 valence electrons. The van der Waals surface area contributed by atoms with Gasteiger partial charge in [-0.2, -0.15) is 0 Å². The van der Waals surface area contributed by atoms with Gasteiger partial charge in [-0.3, -0.25) is 9.69 Å². The number of ketones is 1. The van der Waals surface area contributed by atoms with Gasteiger partial charge in [0.25, 0.3) is 0 Å². The highest BCUT2D eigenvalue weighted by molar-refractivity contribution is 5.99. The summed E-state index contributed by atoms with van der Waals surface area (Å²) in [7, 11) is 3.29. The fraction of sp³-hybridized carbons (Fsp3) is 0.500. The Morgan fingerprint density at radius 3 is 2.46 bits per heavy atom. The van der Waals surface area contributed by atoms with E-state index in [1.807, 2.05) is 25.1 Å². The molecule has 0 N–H and O–H groups in total. The minimum atomic E-state index is 0.187. The number of morpholine rings is 1. The van der Waals surface area contributed by atoms with Crippen molar-refractivity contribution in [3.05, 3.63) is 46.8 Å². The van der Waals surface area contributed by atoms with Crippen molar-refractivity contribution in [2.45, 2.75) is 26.8 Å². The number of Topliss-reactive ketones (excluding diaryl/α,β-unsaturated/α-hetero) is 1. The summed E-state index contributed by atoms with van der Waals surface area (Å²) in [5, 5.41) is 0. The molecule has 6 nitrogen and oxygen atoms in total. The van der Waals surface area contributed by atoms with Crippen molar-refractivity contribution in [3.8, 4) is 11.5 Å². The summed E-state index contributed by atoms with van der Waals surface area (Å²) < 4.78 is 18.3. The fourth-order valence-corrected chi connectivity index (χ4v) is 3.75. The zero-order chi connectivity index (χ0) is 20.1. The maximum atomic E-state index is 12.8. The first-order chi connectivity index (χ1) is 13.5. The van der Waals surface area contributed by atoms with Crippen LogP contribution in [0.3, 0.4) is 0 Å². The molecule has 1 aliphatic rings. The van der Waals surface area contributed by atoms with Crippen LogP contribution >= 0.6 is 0 Å². The SMILES string of the molecule is COc1ccc(CCn2c(C)cc(C(=O)CN3CCOCC3)c2C)cc1OC. The van der Waals surface area contributed by atoms with Crippen molar-refractivity contribution in [2.24, 2.45) is 0 Å². The summed E-state index contributed by atoms with van der Waals surface area (Å²) in [5.41, 5.74) is 4.15. The largest absolute Gasteiger partial charge is 0.493 e. The first-order valence-corrected chi connectivity index (χ1v) is 9.74. The summed E-state index contributed by atoms with van der Waals surface area (Å²) in [6.45, 7) is 8.44. The third kappa shape index (κ3) is 4.56. The standard InChI is InChI=1S/C22H30N2O4/c1-16-13-19(20(25)15-23-9-11-28-12-10-23)17(2)24(16)8-7-18-5-6-21(26-3)22(14-18)27-4/h5-6,13-14H,7-12,15H2,1-4H3. The van der Waals surface area contributed by atoms with Crippen LogP contribution in [0.2, 0.25) is 0 Å². The van der Waals surface area contributed by atoms with Crippen LogP contribution in [0.5, 0.6) is 11.5 Å². The van der Waals surface area contributed by atoms with Gasteiger partial charge in [0, 0.05) is 36.6 Å². The summed E-state index contributed by atoms with van der Waals surface area (Å²) in [5.74, 6) is 1.66. The average molecular weight is 386 g/mol. The van der Waals surface area contributed by atoms with Crippen molar-refractivity contribution in [1.29, 1.82) is 0 Å². The van der Waals surface area contributed by atoms with Crippen LogP contribution in [0.25, 0.3) is 0 Å². The lowest BCUT2D eigenvalue weighted by molar-refractivity contribution is 0.0371. The first-order valence-electron chi connectivity index (χ1n) is 9.74. The van der Waals surface area contributed by atoms with E-state index in [9.17, 15) is 4.79 Å². The van der Waals surface area contributed by atoms with Gasteiger partial charge >= 0.3 is 0 Å². The number of methoxy groups -OCH3 is 2. The van der Waals surface area contributed by atoms with Gasteiger partial charge in [0.05, 0.1) is 34.0 Å². The number of hydrogen-bond acceptors (Lipinski definition) is 5. The summed E-state index contributed by atoms with van der Waals surface area (Å²) in [6, 6.07) is 8.02. The first kappa shape index (κ1) is 20.4. The van der Waals surface area contributed by atoms with Crippen molar-refractivity contribution >= 4 is 5.78 Å². The van der Waals surface area contributed by atoms with Gasteiger partial charge in [-0.05, 0) is 44.0 Å². The van der Waals surface area contributed by atoms with Crippen LogP contribution in [0.15, 0.2) is 24.3 Å². The van der Waals surface area contributed by atoms with Crippen molar-refractivity contribution in [1.82, 2.24) is 9.47 Å². The average Bonchev–Trinajstić information content (AvgIpc) is 3.00. The van der Waals surface area contributed by atoms with Crippen molar-refractivity contribution < 1.29 is 19.0 Å². The van der Waals surface area contributed by atoms with Gasteiger partial charge in [0.15, 0.2) is 17.3 Å². The quantitative estimate of drug-likeness (QED) is 0.653. The third-order valence-corrected chi connectivity index (χ3v) is 5.42. The molecule has 2 heterocycles. The molecule has 0 unspecified atom stereocenters. The van der Waals surface area contributed by atoms with Crippen molar-refractivity contribution in [3.63, 3.8) is 0 Å². The monoisotopic (exact) mass is 386 g/mol. The zero-order valence-electron chi connectivity index (χ0n) is 17.3. The molecule has 6 heteroatoms. The number of benzene rings is 1. The molecule has 1 aromatic carbocycles. The lowest BCUT2D eigenvalue weighted by atomic mass is 10.1. The Morgan fingerprint density at radius 1 is 1.07 bits per heavy atom. The molecule has 0 spiro atoms. The number of ether oxygens (including phenoxy) is 3.